The number of Topliss-reactive ketones (excluding diaryl/α,β-unsaturated/α-hetero) is 2. The van der Waals surface area contributed by atoms with Crippen LogP contribution in [0.2, 0.25) is 0 Å². The first-order valence-electron chi connectivity index (χ1n) is 7.17. The molecule has 0 heterocycles. The van der Waals surface area contributed by atoms with Gasteiger partial charge < -0.3 is 20.5 Å². The van der Waals surface area contributed by atoms with Gasteiger partial charge in [0.15, 0.2) is 5.78 Å². The molecule has 7 nitrogen and oxygen atoms in total. The normalized spacial score (nSPS) is 10.4. The molecule has 0 bridgehead atoms. The monoisotopic (exact) mass is 302 g/mol. The minimum Gasteiger partial charge on any atom is -0.382 e. The Morgan fingerprint density at radius 2 is 1.71 bits per heavy atom. The van der Waals surface area contributed by atoms with Gasteiger partial charge in [0.25, 0.3) is 0 Å². The van der Waals surface area contributed by atoms with Crippen molar-refractivity contribution < 1.29 is 23.9 Å². The summed E-state index contributed by atoms with van der Waals surface area (Å²) in [7, 11) is 1.61. The van der Waals surface area contributed by atoms with Crippen molar-refractivity contribution in [2.75, 3.05) is 40.0 Å². The number of unbranched alkanes of at least 4 members (excludes halogenated alkanes) is 1. The molecule has 0 spiro atoms. The molecule has 0 aromatic rings. The van der Waals surface area contributed by atoms with Crippen LogP contribution in [0.5, 0.6) is 0 Å². The molecule has 0 aliphatic heterocycles. The summed E-state index contributed by atoms with van der Waals surface area (Å²) in [6.07, 6.45) is 2.14. The lowest BCUT2D eigenvalue weighted by Gasteiger charge is -2.05. The van der Waals surface area contributed by atoms with E-state index in [0.717, 1.165) is 12.8 Å². The molecular formula is C14H26N2O5. The SMILES string of the molecule is COCCOCCCCC(=O)CNC(=O)CCC(=O)CN. The number of nitrogens with two attached hydrogens (primary N) is 1. The highest BCUT2D eigenvalue weighted by Gasteiger charge is 2.07. The van der Waals surface area contributed by atoms with Gasteiger partial charge >= 0.3 is 0 Å². The standard InChI is InChI=1S/C14H26N2O5/c1-20-8-9-21-7-3-2-4-13(18)11-16-14(19)6-5-12(17)10-15/h2-11,15H2,1H3,(H,16,19). The lowest BCUT2D eigenvalue weighted by Crippen LogP contribution is -2.30. The Labute approximate surface area is 125 Å². The molecule has 0 aliphatic rings. The van der Waals surface area contributed by atoms with E-state index < -0.39 is 0 Å². The number of carbonyl (C=O) groups excluding carboxylic acids is 3. The maximum absolute atomic E-state index is 11.5. The number of nitrogens with one attached hydrogen (secondary N) is 1. The van der Waals surface area contributed by atoms with E-state index in [4.69, 9.17) is 15.2 Å². The van der Waals surface area contributed by atoms with Crippen molar-refractivity contribution in [3.63, 3.8) is 0 Å². The molecule has 0 radical (unpaired) electrons. The van der Waals surface area contributed by atoms with Crippen molar-refractivity contribution in [2.45, 2.75) is 32.1 Å². The van der Waals surface area contributed by atoms with Gasteiger partial charge in [-0.1, -0.05) is 0 Å². The van der Waals surface area contributed by atoms with Crippen molar-refractivity contribution >= 4 is 17.5 Å². The molecule has 1 amide bonds. The minimum absolute atomic E-state index is 0.0141. The molecule has 21 heavy (non-hydrogen) atoms. The van der Waals surface area contributed by atoms with E-state index >= 15 is 0 Å². The highest BCUT2D eigenvalue weighted by Crippen LogP contribution is 1.97. The minimum atomic E-state index is -0.298. The van der Waals surface area contributed by atoms with Crippen LogP contribution in [-0.4, -0.2) is 57.5 Å². The molecule has 7 heteroatoms. The number of hydrogen-bond donors (Lipinski definition) is 2. The van der Waals surface area contributed by atoms with Crippen LogP contribution in [0.1, 0.15) is 32.1 Å². The molecule has 0 saturated carbocycles. The highest BCUT2D eigenvalue weighted by atomic mass is 16.5. The first kappa shape index (κ1) is 19.7. The third-order valence-corrected chi connectivity index (χ3v) is 2.77. The number of ketones is 2. The number of methoxy groups -OCH3 is 1. The zero-order chi connectivity index (χ0) is 15.9. The van der Waals surface area contributed by atoms with Crippen LogP contribution in [-0.2, 0) is 23.9 Å². The molecule has 0 aliphatic carbocycles. The van der Waals surface area contributed by atoms with Crippen LogP contribution in [0.3, 0.4) is 0 Å². The molecule has 0 saturated heterocycles. The lowest BCUT2D eigenvalue weighted by atomic mass is 10.1. The van der Waals surface area contributed by atoms with E-state index in [9.17, 15) is 14.4 Å². The second-order valence-corrected chi connectivity index (χ2v) is 4.62. The van der Waals surface area contributed by atoms with Gasteiger partial charge in [0.2, 0.25) is 5.91 Å². The zero-order valence-corrected chi connectivity index (χ0v) is 12.7. The Balaban J connectivity index is 3.45. The van der Waals surface area contributed by atoms with Crippen LogP contribution in [0.25, 0.3) is 0 Å². The molecule has 0 aromatic carbocycles. The van der Waals surface area contributed by atoms with Crippen LogP contribution in [0.4, 0.5) is 0 Å². The maximum atomic E-state index is 11.5. The molecule has 0 fully saturated rings. The van der Waals surface area contributed by atoms with E-state index in [2.05, 4.69) is 5.32 Å². The fraction of sp³-hybridized carbons (Fsp3) is 0.786. The molecule has 0 aromatic heterocycles. The molecule has 0 atom stereocenters. The van der Waals surface area contributed by atoms with Crippen LogP contribution in [0.15, 0.2) is 0 Å². The summed E-state index contributed by atoms with van der Waals surface area (Å²) in [4.78, 5) is 33.8. The number of hydrogen-bond acceptors (Lipinski definition) is 6. The molecule has 0 rings (SSSR count). The molecule has 3 N–H and O–H groups in total. The third-order valence-electron chi connectivity index (χ3n) is 2.77. The molecule has 122 valence electrons. The highest BCUT2D eigenvalue weighted by molar-refractivity contribution is 5.88. The van der Waals surface area contributed by atoms with Gasteiger partial charge in [0, 0.05) is 33.0 Å². The number of ether oxygens (including phenoxy) is 2. The van der Waals surface area contributed by atoms with Crippen LogP contribution >= 0.6 is 0 Å². The Bertz CT molecular complexity index is 320. The Morgan fingerprint density at radius 3 is 2.38 bits per heavy atom. The first-order valence-corrected chi connectivity index (χ1v) is 7.17. The van der Waals surface area contributed by atoms with E-state index in [0.29, 0.717) is 26.2 Å². The second kappa shape index (κ2) is 13.7. The zero-order valence-electron chi connectivity index (χ0n) is 12.7. The summed E-state index contributed by atoms with van der Waals surface area (Å²) in [5.74, 6) is -0.483. The largest absolute Gasteiger partial charge is 0.382 e. The van der Waals surface area contributed by atoms with Gasteiger partial charge in [-0.25, -0.2) is 0 Å². The van der Waals surface area contributed by atoms with Crippen molar-refractivity contribution in [1.29, 1.82) is 0 Å². The van der Waals surface area contributed by atoms with E-state index in [1.165, 1.54) is 0 Å². The third kappa shape index (κ3) is 13.4. The average molecular weight is 302 g/mol. The summed E-state index contributed by atoms with van der Waals surface area (Å²) in [5, 5.41) is 2.50. The van der Waals surface area contributed by atoms with Gasteiger partial charge in [-0.3, -0.25) is 14.4 Å². The van der Waals surface area contributed by atoms with E-state index in [1.54, 1.807) is 7.11 Å². The number of carbonyl (C=O) groups is 3. The van der Waals surface area contributed by atoms with Crippen LogP contribution in [0, 0.1) is 0 Å². The Hall–Kier alpha value is -1.31. The summed E-state index contributed by atoms with van der Waals surface area (Å²) in [6.45, 7) is 1.68. The summed E-state index contributed by atoms with van der Waals surface area (Å²) in [6, 6.07) is 0. The maximum Gasteiger partial charge on any atom is 0.220 e. The topological polar surface area (TPSA) is 108 Å². The molecule has 0 unspecified atom stereocenters. The molecular weight excluding hydrogens is 276 g/mol. The first-order chi connectivity index (χ1) is 10.1. The lowest BCUT2D eigenvalue weighted by molar-refractivity contribution is -0.126. The summed E-state index contributed by atoms with van der Waals surface area (Å²) >= 11 is 0. The Morgan fingerprint density at radius 1 is 0.952 bits per heavy atom. The van der Waals surface area contributed by atoms with Crippen molar-refractivity contribution in [2.24, 2.45) is 5.73 Å². The Kier molecular flexibility index (Phi) is 12.8. The van der Waals surface area contributed by atoms with Crippen molar-refractivity contribution in [1.82, 2.24) is 5.32 Å². The van der Waals surface area contributed by atoms with Crippen molar-refractivity contribution in [3.05, 3.63) is 0 Å². The van der Waals surface area contributed by atoms with Crippen LogP contribution < -0.4 is 11.1 Å². The summed E-state index contributed by atoms with van der Waals surface area (Å²) < 4.78 is 10.1. The van der Waals surface area contributed by atoms with E-state index in [-0.39, 0.29) is 43.4 Å². The van der Waals surface area contributed by atoms with Gasteiger partial charge in [-0.05, 0) is 12.8 Å². The van der Waals surface area contributed by atoms with Gasteiger partial charge in [-0.2, -0.15) is 0 Å². The quantitative estimate of drug-likeness (QED) is 0.431. The fourth-order valence-corrected chi connectivity index (χ4v) is 1.50. The van der Waals surface area contributed by atoms with Gasteiger partial charge in [-0.15, -0.1) is 0 Å². The van der Waals surface area contributed by atoms with Gasteiger partial charge in [0.1, 0.15) is 5.78 Å². The second-order valence-electron chi connectivity index (χ2n) is 4.62. The number of amides is 1. The number of rotatable bonds is 14. The van der Waals surface area contributed by atoms with E-state index in [1.807, 2.05) is 0 Å². The fourth-order valence-electron chi connectivity index (χ4n) is 1.50. The predicted molar refractivity (Wildman–Crippen MR) is 77.9 cm³/mol. The predicted octanol–water partition coefficient (Wildman–Crippen LogP) is -0.187. The smallest absolute Gasteiger partial charge is 0.220 e. The van der Waals surface area contributed by atoms with Gasteiger partial charge in [0.05, 0.1) is 26.3 Å². The van der Waals surface area contributed by atoms with Crippen molar-refractivity contribution in [3.8, 4) is 0 Å². The average Bonchev–Trinajstić information content (AvgIpc) is 2.49. The summed E-state index contributed by atoms with van der Waals surface area (Å²) in [5.41, 5.74) is 5.13.